The molecule has 0 amide bonds. The van der Waals surface area contributed by atoms with Gasteiger partial charge in [-0.25, -0.2) is 0 Å². The van der Waals surface area contributed by atoms with E-state index in [1.165, 1.54) is 49.8 Å². The molecule has 4 fully saturated rings. The molecule has 4 aliphatic rings. The molecule has 1 aromatic carbocycles. The number of rotatable bonds is 3. The molecule has 4 aliphatic carbocycles. The fourth-order valence-corrected chi connectivity index (χ4v) is 5.74. The van der Waals surface area contributed by atoms with Crippen LogP contribution in [0.5, 0.6) is 0 Å². The molecule has 0 radical (unpaired) electrons. The van der Waals surface area contributed by atoms with Crippen molar-refractivity contribution in [2.45, 2.75) is 51.0 Å². The van der Waals surface area contributed by atoms with Crippen molar-refractivity contribution >= 4 is 22.9 Å². The highest BCUT2D eigenvalue weighted by atomic mass is 32.1. The molecule has 5 rings (SSSR count). The summed E-state index contributed by atoms with van der Waals surface area (Å²) >= 11 is 5.26. The molecule has 3 heteroatoms. The van der Waals surface area contributed by atoms with E-state index in [2.05, 4.69) is 30.4 Å². The lowest BCUT2D eigenvalue weighted by Gasteiger charge is -2.57. The summed E-state index contributed by atoms with van der Waals surface area (Å²) < 4.78 is 0. The molecule has 0 saturated heterocycles. The van der Waals surface area contributed by atoms with Crippen molar-refractivity contribution in [2.75, 3.05) is 5.32 Å². The van der Waals surface area contributed by atoms with Gasteiger partial charge in [0.15, 0.2) is 0 Å². The molecule has 0 unspecified atom stereocenters. The molecule has 0 aliphatic heterocycles. The molecule has 2 nitrogen and oxygen atoms in total. The van der Waals surface area contributed by atoms with Gasteiger partial charge in [-0.15, -0.1) is 0 Å². The van der Waals surface area contributed by atoms with Gasteiger partial charge in [0.05, 0.1) is 0 Å². The van der Waals surface area contributed by atoms with Gasteiger partial charge in [0.1, 0.15) is 4.99 Å². The molecule has 112 valence electrons. The van der Waals surface area contributed by atoms with Gasteiger partial charge in [0.2, 0.25) is 0 Å². The number of hydrogen-bond acceptors (Lipinski definition) is 2. The first-order valence-corrected chi connectivity index (χ1v) is 8.63. The van der Waals surface area contributed by atoms with E-state index < -0.39 is 0 Å². The highest BCUT2D eigenvalue weighted by Crippen LogP contribution is 2.56. The second-order valence-corrected chi connectivity index (χ2v) is 8.12. The lowest BCUT2D eigenvalue weighted by atomic mass is 9.53. The SMILES string of the molecule is Cc1cccc(C(N)=S)c1NC12CC3CC(CC(C3)C1)C2. The summed E-state index contributed by atoms with van der Waals surface area (Å²) in [5.74, 6) is 2.84. The second-order valence-electron chi connectivity index (χ2n) is 7.68. The van der Waals surface area contributed by atoms with Gasteiger partial charge in [-0.05, 0) is 74.8 Å². The third-order valence-corrected chi connectivity index (χ3v) is 6.19. The molecular formula is C18H24N2S. The van der Waals surface area contributed by atoms with Crippen molar-refractivity contribution in [3.05, 3.63) is 29.3 Å². The second kappa shape index (κ2) is 4.70. The van der Waals surface area contributed by atoms with E-state index in [0.29, 0.717) is 10.5 Å². The van der Waals surface area contributed by atoms with E-state index in [-0.39, 0.29) is 0 Å². The smallest absolute Gasteiger partial charge is 0.106 e. The Morgan fingerprint density at radius 3 is 2.24 bits per heavy atom. The van der Waals surface area contributed by atoms with Gasteiger partial charge in [-0.1, -0.05) is 24.4 Å². The number of para-hydroxylation sites is 1. The average molecular weight is 300 g/mol. The summed E-state index contributed by atoms with van der Waals surface area (Å²) in [6.45, 7) is 2.16. The van der Waals surface area contributed by atoms with Crippen LogP contribution in [0.4, 0.5) is 5.69 Å². The van der Waals surface area contributed by atoms with Gasteiger partial charge >= 0.3 is 0 Å². The fraction of sp³-hybridized carbons (Fsp3) is 0.611. The summed E-state index contributed by atoms with van der Waals surface area (Å²) in [6, 6.07) is 6.26. The summed E-state index contributed by atoms with van der Waals surface area (Å²) in [5.41, 5.74) is 9.71. The van der Waals surface area contributed by atoms with Crippen molar-refractivity contribution in [1.82, 2.24) is 0 Å². The highest BCUT2D eigenvalue weighted by Gasteiger charge is 2.51. The number of thiocarbonyl (C=S) groups is 1. The van der Waals surface area contributed by atoms with Crippen molar-refractivity contribution < 1.29 is 0 Å². The first-order chi connectivity index (χ1) is 10.0. The van der Waals surface area contributed by atoms with Gasteiger partial charge in [0, 0.05) is 16.8 Å². The van der Waals surface area contributed by atoms with Gasteiger partial charge in [-0.3, -0.25) is 0 Å². The maximum Gasteiger partial charge on any atom is 0.106 e. The topological polar surface area (TPSA) is 38.0 Å². The van der Waals surface area contributed by atoms with Crippen molar-refractivity contribution in [1.29, 1.82) is 0 Å². The normalized spacial score (nSPS) is 36.7. The van der Waals surface area contributed by atoms with E-state index in [4.69, 9.17) is 18.0 Å². The van der Waals surface area contributed by atoms with E-state index >= 15 is 0 Å². The maximum atomic E-state index is 5.94. The summed E-state index contributed by atoms with van der Waals surface area (Å²) in [5, 5.41) is 3.94. The Morgan fingerprint density at radius 2 is 1.71 bits per heavy atom. The lowest BCUT2D eigenvalue weighted by Crippen LogP contribution is -2.55. The minimum Gasteiger partial charge on any atom is -0.389 e. The molecule has 4 saturated carbocycles. The molecule has 4 bridgehead atoms. The number of nitrogens with two attached hydrogens (primary N) is 1. The van der Waals surface area contributed by atoms with Crippen LogP contribution >= 0.6 is 12.2 Å². The summed E-state index contributed by atoms with van der Waals surface area (Å²) in [6.07, 6.45) is 8.42. The Balaban J connectivity index is 1.69. The number of anilines is 1. The van der Waals surface area contributed by atoms with Crippen LogP contribution in [0.1, 0.15) is 49.7 Å². The maximum absolute atomic E-state index is 5.94. The molecule has 1 aromatic rings. The first kappa shape index (κ1) is 13.6. The number of nitrogens with one attached hydrogen (secondary N) is 1. The Labute approximate surface area is 132 Å². The van der Waals surface area contributed by atoms with Crippen LogP contribution in [-0.4, -0.2) is 10.5 Å². The van der Waals surface area contributed by atoms with Gasteiger partial charge in [-0.2, -0.15) is 0 Å². The molecule has 0 heterocycles. The van der Waals surface area contributed by atoms with Gasteiger partial charge < -0.3 is 11.1 Å². The number of aryl methyl sites for hydroxylation is 1. The Bertz CT molecular complexity index is 558. The first-order valence-electron chi connectivity index (χ1n) is 8.22. The minimum absolute atomic E-state index is 0.306. The largest absolute Gasteiger partial charge is 0.389 e. The quantitative estimate of drug-likeness (QED) is 0.828. The van der Waals surface area contributed by atoms with Crippen LogP contribution in [0.2, 0.25) is 0 Å². The molecule has 0 atom stereocenters. The predicted molar refractivity (Wildman–Crippen MR) is 91.6 cm³/mol. The van der Waals surface area contributed by atoms with E-state index in [0.717, 1.165) is 23.3 Å². The van der Waals surface area contributed by atoms with E-state index in [1.807, 2.05) is 0 Å². The average Bonchev–Trinajstić information content (AvgIpc) is 2.39. The molecule has 0 spiro atoms. The van der Waals surface area contributed by atoms with Gasteiger partial charge in [0.25, 0.3) is 0 Å². The zero-order valence-electron chi connectivity index (χ0n) is 12.7. The zero-order valence-corrected chi connectivity index (χ0v) is 13.5. The number of benzene rings is 1. The molecular weight excluding hydrogens is 276 g/mol. The Hall–Kier alpha value is -1.09. The van der Waals surface area contributed by atoms with Crippen LogP contribution in [0.15, 0.2) is 18.2 Å². The fourth-order valence-electron chi connectivity index (χ4n) is 5.57. The predicted octanol–water partition coefficient (Wildman–Crippen LogP) is 4.01. The Morgan fingerprint density at radius 1 is 1.14 bits per heavy atom. The van der Waals surface area contributed by atoms with Crippen LogP contribution in [0.3, 0.4) is 0 Å². The number of hydrogen-bond donors (Lipinski definition) is 2. The van der Waals surface area contributed by atoms with E-state index in [9.17, 15) is 0 Å². The van der Waals surface area contributed by atoms with Crippen molar-refractivity contribution in [3.8, 4) is 0 Å². The lowest BCUT2D eigenvalue weighted by molar-refractivity contribution is 0.0107. The van der Waals surface area contributed by atoms with E-state index in [1.54, 1.807) is 0 Å². The third-order valence-electron chi connectivity index (χ3n) is 5.97. The van der Waals surface area contributed by atoms with Crippen LogP contribution in [0, 0.1) is 24.7 Å². The Kier molecular flexibility index (Phi) is 3.04. The van der Waals surface area contributed by atoms with Crippen LogP contribution in [-0.2, 0) is 0 Å². The van der Waals surface area contributed by atoms with Crippen molar-refractivity contribution in [2.24, 2.45) is 23.5 Å². The monoisotopic (exact) mass is 300 g/mol. The minimum atomic E-state index is 0.306. The molecule has 3 N–H and O–H groups in total. The zero-order chi connectivity index (χ0) is 14.6. The highest BCUT2D eigenvalue weighted by molar-refractivity contribution is 7.80. The molecule has 0 aromatic heterocycles. The molecule has 21 heavy (non-hydrogen) atoms. The summed E-state index contributed by atoms with van der Waals surface area (Å²) in [4.78, 5) is 0.505. The van der Waals surface area contributed by atoms with Crippen molar-refractivity contribution in [3.63, 3.8) is 0 Å². The summed E-state index contributed by atoms with van der Waals surface area (Å²) in [7, 11) is 0. The third kappa shape index (κ3) is 2.26. The van der Waals surface area contributed by atoms with Crippen LogP contribution in [0.25, 0.3) is 0 Å². The van der Waals surface area contributed by atoms with Crippen LogP contribution < -0.4 is 11.1 Å². The standard InChI is InChI=1S/C18H24N2S/c1-11-3-2-4-15(17(19)21)16(11)20-18-8-12-5-13(9-18)7-14(6-12)10-18/h2-4,12-14,20H,5-10H2,1H3,(H2,19,21).